The zero-order valence-electron chi connectivity index (χ0n) is 16.9. The van der Waals surface area contributed by atoms with Crippen LogP contribution in [0.4, 0.5) is 0 Å². The average molecular weight is 483 g/mol. The number of thiazole rings is 1. The van der Waals surface area contributed by atoms with Crippen LogP contribution in [0.2, 0.25) is 0 Å². The quantitative estimate of drug-likeness (QED) is 0.302. The van der Waals surface area contributed by atoms with Gasteiger partial charge in [0, 0.05) is 6.54 Å². The third-order valence-electron chi connectivity index (χ3n) is 4.57. The molecule has 0 radical (unpaired) electrons. The SMILES string of the molecule is CCSc1nc2ccc(S(=O)(=O)N(Cc3ccccc3)[C@@H](C(=O)Cl)C(C)C)cc2s1. The van der Waals surface area contributed by atoms with Crippen LogP contribution in [0, 0.1) is 5.92 Å². The Kier molecular flexibility index (Phi) is 7.57. The second-order valence-electron chi connectivity index (χ2n) is 7.07. The van der Waals surface area contributed by atoms with Crippen LogP contribution in [0.5, 0.6) is 0 Å². The molecular weight excluding hydrogens is 460 g/mol. The Labute approximate surface area is 190 Å². The van der Waals surface area contributed by atoms with Crippen LogP contribution >= 0.6 is 34.7 Å². The molecule has 0 saturated heterocycles. The molecule has 5 nitrogen and oxygen atoms in total. The van der Waals surface area contributed by atoms with Crippen LogP contribution in [-0.4, -0.2) is 34.7 Å². The fraction of sp³-hybridized carbons (Fsp3) is 0.333. The third-order valence-corrected chi connectivity index (χ3v) is 8.66. The van der Waals surface area contributed by atoms with Gasteiger partial charge >= 0.3 is 0 Å². The van der Waals surface area contributed by atoms with E-state index in [-0.39, 0.29) is 17.4 Å². The van der Waals surface area contributed by atoms with E-state index < -0.39 is 21.3 Å². The zero-order chi connectivity index (χ0) is 21.9. The van der Waals surface area contributed by atoms with E-state index in [4.69, 9.17) is 11.6 Å². The number of hydrogen-bond acceptors (Lipinski definition) is 6. The minimum absolute atomic E-state index is 0.0577. The first-order valence-corrected chi connectivity index (χ1v) is 13.1. The fourth-order valence-corrected chi connectivity index (χ4v) is 7.41. The summed E-state index contributed by atoms with van der Waals surface area (Å²) in [5.41, 5.74) is 1.54. The van der Waals surface area contributed by atoms with Crippen molar-refractivity contribution in [2.45, 2.75) is 42.6 Å². The number of sulfonamides is 1. The highest BCUT2D eigenvalue weighted by Crippen LogP contribution is 2.33. The predicted molar refractivity (Wildman–Crippen MR) is 125 cm³/mol. The number of hydrogen-bond donors (Lipinski definition) is 0. The Balaban J connectivity index is 2.08. The molecule has 0 saturated carbocycles. The molecule has 2 aromatic carbocycles. The van der Waals surface area contributed by atoms with Gasteiger partial charge in [0.1, 0.15) is 6.04 Å². The van der Waals surface area contributed by atoms with E-state index in [1.54, 1.807) is 43.8 Å². The summed E-state index contributed by atoms with van der Waals surface area (Å²) in [5, 5.41) is -0.690. The third kappa shape index (κ3) is 5.06. The number of halogens is 1. The Morgan fingerprint density at radius 1 is 1.20 bits per heavy atom. The van der Waals surface area contributed by atoms with Gasteiger partial charge in [0.15, 0.2) is 4.34 Å². The maximum absolute atomic E-state index is 13.7. The van der Waals surface area contributed by atoms with Crippen LogP contribution in [0.3, 0.4) is 0 Å². The van der Waals surface area contributed by atoms with E-state index in [2.05, 4.69) is 4.98 Å². The summed E-state index contributed by atoms with van der Waals surface area (Å²) in [6.07, 6.45) is 0. The van der Waals surface area contributed by atoms with E-state index in [0.717, 1.165) is 25.9 Å². The minimum Gasteiger partial charge on any atom is -0.279 e. The topological polar surface area (TPSA) is 67.3 Å². The highest BCUT2D eigenvalue weighted by molar-refractivity contribution is 8.01. The number of thioether (sulfide) groups is 1. The highest BCUT2D eigenvalue weighted by atomic mass is 35.5. The summed E-state index contributed by atoms with van der Waals surface area (Å²) in [6.45, 7) is 5.68. The molecule has 0 fully saturated rings. The summed E-state index contributed by atoms with van der Waals surface area (Å²) >= 11 is 8.96. The molecule has 1 atom stereocenters. The van der Waals surface area contributed by atoms with Gasteiger partial charge in [0.05, 0.1) is 15.1 Å². The first-order chi connectivity index (χ1) is 14.2. The summed E-state index contributed by atoms with van der Waals surface area (Å²) < 4.78 is 30.2. The van der Waals surface area contributed by atoms with Crippen LogP contribution in [0.15, 0.2) is 57.8 Å². The predicted octanol–water partition coefficient (Wildman–Crippen LogP) is 5.39. The normalized spacial score (nSPS) is 13.3. The lowest BCUT2D eigenvalue weighted by molar-refractivity contribution is -0.116. The van der Waals surface area contributed by atoms with Crippen molar-refractivity contribution in [3.05, 3.63) is 54.1 Å². The number of fused-ring (bicyclic) bond motifs is 1. The molecule has 9 heteroatoms. The van der Waals surface area contributed by atoms with Crippen molar-refractivity contribution < 1.29 is 13.2 Å². The Morgan fingerprint density at radius 2 is 1.90 bits per heavy atom. The molecule has 0 bridgehead atoms. The standard InChI is InChI=1S/C21H23ClN2O3S3/c1-4-28-21-23-17-11-10-16(12-18(17)29-21)30(26,27)24(19(14(2)3)20(22)25)13-15-8-6-5-7-9-15/h5-12,14,19H,4,13H2,1-3H3/t19-/m1/s1. The molecule has 160 valence electrons. The van der Waals surface area contributed by atoms with Gasteiger partial charge < -0.3 is 0 Å². The lowest BCUT2D eigenvalue weighted by Crippen LogP contribution is -2.46. The number of rotatable bonds is 9. The van der Waals surface area contributed by atoms with Gasteiger partial charge in [-0.2, -0.15) is 4.31 Å². The first-order valence-electron chi connectivity index (χ1n) is 9.52. The molecule has 3 aromatic rings. The van der Waals surface area contributed by atoms with Crippen molar-refractivity contribution in [3.63, 3.8) is 0 Å². The van der Waals surface area contributed by atoms with E-state index in [1.807, 2.05) is 37.3 Å². The number of carbonyl (C=O) groups excluding carboxylic acids is 1. The summed E-state index contributed by atoms with van der Waals surface area (Å²) in [7, 11) is -3.98. The summed E-state index contributed by atoms with van der Waals surface area (Å²) in [6, 6.07) is 13.1. The average Bonchev–Trinajstić information content (AvgIpc) is 3.09. The second kappa shape index (κ2) is 9.78. The number of aromatic nitrogens is 1. The molecular formula is C21H23ClN2O3S3. The molecule has 0 aliphatic rings. The van der Waals surface area contributed by atoms with E-state index in [1.165, 1.54) is 15.6 Å². The molecule has 1 heterocycles. The molecule has 30 heavy (non-hydrogen) atoms. The monoisotopic (exact) mass is 482 g/mol. The molecule has 0 unspecified atom stereocenters. The van der Waals surface area contributed by atoms with Crippen molar-refractivity contribution in [1.82, 2.24) is 9.29 Å². The summed E-state index contributed by atoms with van der Waals surface area (Å²) in [5.74, 6) is 0.608. The molecule has 0 aliphatic carbocycles. The fourth-order valence-electron chi connectivity index (χ4n) is 3.17. The Hall–Kier alpha value is -1.45. The highest BCUT2D eigenvalue weighted by Gasteiger charge is 2.37. The summed E-state index contributed by atoms with van der Waals surface area (Å²) in [4.78, 5) is 16.9. The molecule has 0 amide bonds. The van der Waals surface area contributed by atoms with Gasteiger partial charge in [-0.05, 0) is 47.0 Å². The van der Waals surface area contributed by atoms with Gasteiger partial charge in [-0.3, -0.25) is 4.79 Å². The zero-order valence-corrected chi connectivity index (χ0v) is 20.1. The van der Waals surface area contributed by atoms with Crippen molar-refractivity contribution in [3.8, 4) is 0 Å². The number of nitrogens with zero attached hydrogens (tertiary/aromatic N) is 2. The first kappa shape index (κ1) is 23.2. The largest absolute Gasteiger partial charge is 0.279 e. The number of carbonyl (C=O) groups is 1. The molecule has 0 N–H and O–H groups in total. The Bertz CT molecular complexity index is 1130. The lowest BCUT2D eigenvalue weighted by atomic mass is 10.1. The smallest absolute Gasteiger partial charge is 0.244 e. The van der Waals surface area contributed by atoms with Crippen LogP contribution < -0.4 is 0 Å². The van der Waals surface area contributed by atoms with Gasteiger partial charge in [-0.25, -0.2) is 13.4 Å². The van der Waals surface area contributed by atoms with Crippen LogP contribution in [-0.2, 0) is 21.4 Å². The molecule has 3 rings (SSSR count). The molecule has 0 aliphatic heterocycles. The second-order valence-corrected chi connectivity index (χ2v) is 11.9. The van der Waals surface area contributed by atoms with E-state index in [0.29, 0.717) is 0 Å². The Morgan fingerprint density at radius 3 is 2.50 bits per heavy atom. The van der Waals surface area contributed by atoms with Crippen LogP contribution in [0.25, 0.3) is 10.2 Å². The van der Waals surface area contributed by atoms with Gasteiger partial charge in [-0.1, -0.05) is 62.9 Å². The van der Waals surface area contributed by atoms with E-state index in [9.17, 15) is 13.2 Å². The number of benzene rings is 2. The van der Waals surface area contributed by atoms with Crippen molar-refractivity contribution in [2.24, 2.45) is 5.92 Å². The molecule has 1 aromatic heterocycles. The lowest BCUT2D eigenvalue weighted by Gasteiger charge is -2.31. The van der Waals surface area contributed by atoms with Gasteiger partial charge in [0.2, 0.25) is 15.3 Å². The maximum atomic E-state index is 13.7. The van der Waals surface area contributed by atoms with E-state index >= 15 is 0 Å². The van der Waals surface area contributed by atoms with Crippen molar-refractivity contribution in [2.75, 3.05) is 5.75 Å². The molecule has 0 spiro atoms. The maximum Gasteiger partial charge on any atom is 0.244 e. The van der Waals surface area contributed by atoms with Crippen LogP contribution in [0.1, 0.15) is 26.3 Å². The minimum atomic E-state index is -3.98. The van der Waals surface area contributed by atoms with Gasteiger partial charge in [0.25, 0.3) is 0 Å². The van der Waals surface area contributed by atoms with Crippen molar-refractivity contribution >= 4 is 60.2 Å². The van der Waals surface area contributed by atoms with Gasteiger partial charge in [-0.15, -0.1) is 11.3 Å². The van der Waals surface area contributed by atoms with Crippen molar-refractivity contribution in [1.29, 1.82) is 0 Å².